The summed E-state index contributed by atoms with van der Waals surface area (Å²) in [6, 6.07) is 12.4. The molecule has 2 heterocycles. The summed E-state index contributed by atoms with van der Waals surface area (Å²) in [5.74, 6) is 0.134. The first-order chi connectivity index (χ1) is 18.7. The van der Waals surface area contributed by atoms with Gasteiger partial charge in [0.15, 0.2) is 15.7 Å². The van der Waals surface area contributed by atoms with Crippen molar-refractivity contribution < 1.29 is 22.3 Å². The van der Waals surface area contributed by atoms with E-state index in [-0.39, 0.29) is 17.0 Å². The lowest BCUT2D eigenvalue weighted by molar-refractivity contribution is 0.0985. The first kappa shape index (κ1) is 26.8. The normalized spacial score (nSPS) is 18.4. The first-order valence-corrected chi connectivity index (χ1v) is 14.2. The zero-order chi connectivity index (χ0) is 27.8. The number of carbonyl (C=O) groups excluding carboxylic acids is 1. The van der Waals surface area contributed by atoms with Crippen LogP contribution in [0.2, 0.25) is 0 Å². The van der Waals surface area contributed by atoms with E-state index >= 15 is 4.39 Å². The number of nitrogens with zero attached hydrogens (tertiary/aromatic N) is 3. The maximum atomic E-state index is 15.0. The Morgan fingerprint density at radius 3 is 2.41 bits per heavy atom. The highest BCUT2D eigenvalue weighted by molar-refractivity contribution is 7.92. The summed E-state index contributed by atoms with van der Waals surface area (Å²) in [5.41, 5.74) is 2.06. The van der Waals surface area contributed by atoms with E-state index in [1.807, 2.05) is 6.92 Å². The molecule has 2 amide bonds. The molecule has 0 radical (unpaired) electrons. The van der Waals surface area contributed by atoms with Crippen LogP contribution in [0.5, 0.6) is 0 Å². The fourth-order valence-electron chi connectivity index (χ4n) is 4.77. The average molecular weight is 555 g/mol. The molecule has 39 heavy (non-hydrogen) atoms. The zero-order valence-corrected chi connectivity index (χ0v) is 22.8. The number of aromatic nitrogens is 2. The van der Waals surface area contributed by atoms with Gasteiger partial charge in [-0.05, 0) is 62.2 Å². The molecular weight excluding hydrogens is 523 g/mol. The van der Waals surface area contributed by atoms with Crippen molar-refractivity contribution in [2.75, 3.05) is 49.4 Å². The number of amides is 2. The number of carbonyl (C=O) groups is 1. The molecule has 3 aromatic rings. The highest BCUT2D eigenvalue weighted by Crippen LogP contribution is 2.55. The SMILES string of the molecule is CNC(=O)Nc1ccc(-c2nc(N3CCOC[C@@H]3C)cc(C3(S(=O)(=O)c4ccc(NC)cc4F)CC3)n2)cc1. The van der Waals surface area contributed by atoms with Gasteiger partial charge in [0.1, 0.15) is 21.3 Å². The lowest BCUT2D eigenvalue weighted by Crippen LogP contribution is -2.44. The van der Waals surface area contributed by atoms with Crippen LogP contribution in [0.15, 0.2) is 53.4 Å². The van der Waals surface area contributed by atoms with Gasteiger partial charge in [-0.3, -0.25) is 0 Å². The molecule has 0 bridgehead atoms. The second-order valence-electron chi connectivity index (χ2n) is 9.73. The van der Waals surface area contributed by atoms with Gasteiger partial charge in [-0.25, -0.2) is 27.6 Å². The number of urea groups is 1. The largest absolute Gasteiger partial charge is 0.388 e. The van der Waals surface area contributed by atoms with Crippen molar-refractivity contribution in [3.05, 3.63) is 60.0 Å². The van der Waals surface area contributed by atoms with E-state index in [2.05, 4.69) is 20.9 Å². The maximum absolute atomic E-state index is 15.0. The Bertz CT molecular complexity index is 1490. The fraction of sp³-hybridized carbons (Fsp3) is 0.370. The van der Waals surface area contributed by atoms with Gasteiger partial charge >= 0.3 is 6.03 Å². The highest BCUT2D eigenvalue weighted by Gasteiger charge is 2.58. The van der Waals surface area contributed by atoms with Crippen LogP contribution in [-0.2, 0) is 19.3 Å². The summed E-state index contributed by atoms with van der Waals surface area (Å²) >= 11 is 0. The van der Waals surface area contributed by atoms with Crippen LogP contribution in [-0.4, -0.2) is 64.3 Å². The Kier molecular flexibility index (Phi) is 7.17. The number of hydrogen-bond donors (Lipinski definition) is 3. The third-order valence-electron chi connectivity index (χ3n) is 7.20. The Balaban J connectivity index is 1.60. The van der Waals surface area contributed by atoms with E-state index < -0.39 is 20.4 Å². The van der Waals surface area contributed by atoms with Gasteiger partial charge in [-0.15, -0.1) is 0 Å². The minimum Gasteiger partial charge on any atom is -0.388 e. The Hall–Kier alpha value is -3.77. The fourth-order valence-corrected chi connectivity index (χ4v) is 6.77. The minimum absolute atomic E-state index is 0.0202. The van der Waals surface area contributed by atoms with Gasteiger partial charge in [-0.1, -0.05) is 0 Å². The van der Waals surface area contributed by atoms with E-state index in [1.165, 1.54) is 19.2 Å². The number of nitrogens with one attached hydrogen (secondary N) is 3. The van der Waals surface area contributed by atoms with Crippen molar-refractivity contribution in [1.82, 2.24) is 15.3 Å². The number of benzene rings is 2. The van der Waals surface area contributed by atoms with E-state index in [0.29, 0.717) is 66.9 Å². The lowest BCUT2D eigenvalue weighted by atomic mass is 10.1. The van der Waals surface area contributed by atoms with Gasteiger partial charge < -0.3 is 25.6 Å². The second kappa shape index (κ2) is 10.4. The maximum Gasteiger partial charge on any atom is 0.318 e. The summed E-state index contributed by atoms with van der Waals surface area (Å²) in [5, 5.41) is 8.03. The van der Waals surface area contributed by atoms with Gasteiger partial charge in [-0.2, -0.15) is 0 Å². The van der Waals surface area contributed by atoms with E-state index in [4.69, 9.17) is 14.7 Å². The number of halogens is 1. The standard InChI is InChI=1S/C27H31FN6O4S/c1-17-16-38-13-12-34(17)24-15-23(32-25(33-24)18-4-6-19(7-5-18)31-26(35)30-3)27(10-11-27)39(36,37)22-9-8-20(29-2)14-21(22)28/h4-9,14-15,17,29H,10-13,16H2,1-3H3,(H2,30,31,35)/t17-/m0/s1. The Morgan fingerprint density at radius 2 is 1.79 bits per heavy atom. The lowest BCUT2D eigenvalue weighted by Gasteiger charge is -2.34. The molecule has 5 rings (SSSR count). The number of sulfone groups is 1. The van der Waals surface area contributed by atoms with Crippen molar-refractivity contribution in [2.24, 2.45) is 0 Å². The summed E-state index contributed by atoms with van der Waals surface area (Å²) < 4.78 is 47.1. The quantitative estimate of drug-likeness (QED) is 0.403. The molecule has 1 saturated heterocycles. The van der Waals surface area contributed by atoms with Crippen molar-refractivity contribution in [2.45, 2.75) is 35.4 Å². The Morgan fingerprint density at radius 1 is 1.08 bits per heavy atom. The third kappa shape index (κ3) is 5.01. The summed E-state index contributed by atoms with van der Waals surface area (Å²) in [4.78, 5) is 22.9. The van der Waals surface area contributed by atoms with Crippen LogP contribution >= 0.6 is 0 Å². The Labute approximate surface area is 226 Å². The molecule has 10 nitrogen and oxygen atoms in total. The molecule has 1 saturated carbocycles. The third-order valence-corrected chi connectivity index (χ3v) is 9.75. The zero-order valence-electron chi connectivity index (χ0n) is 22.0. The van der Waals surface area contributed by atoms with Crippen LogP contribution < -0.4 is 20.9 Å². The number of anilines is 3. The molecule has 1 atom stereocenters. The van der Waals surface area contributed by atoms with Crippen LogP contribution in [0.3, 0.4) is 0 Å². The summed E-state index contributed by atoms with van der Waals surface area (Å²) in [6.07, 6.45) is 0.651. The molecule has 0 unspecified atom stereocenters. The molecule has 1 aliphatic carbocycles. The summed E-state index contributed by atoms with van der Waals surface area (Å²) in [7, 11) is -0.940. The molecule has 2 aliphatic rings. The topological polar surface area (TPSA) is 126 Å². The number of ether oxygens (including phenoxy) is 1. The van der Waals surface area contributed by atoms with Crippen LogP contribution in [0.1, 0.15) is 25.5 Å². The van der Waals surface area contributed by atoms with Gasteiger partial charge in [0.25, 0.3) is 0 Å². The smallest absolute Gasteiger partial charge is 0.318 e. The highest BCUT2D eigenvalue weighted by atomic mass is 32.2. The van der Waals surface area contributed by atoms with Crippen molar-refractivity contribution in [3.63, 3.8) is 0 Å². The van der Waals surface area contributed by atoms with Gasteiger partial charge in [0.05, 0.1) is 24.9 Å². The predicted octanol–water partition coefficient (Wildman–Crippen LogP) is 3.76. The van der Waals surface area contributed by atoms with Crippen LogP contribution in [0.4, 0.5) is 26.4 Å². The second-order valence-corrected chi connectivity index (χ2v) is 12.0. The van der Waals surface area contributed by atoms with Crippen molar-refractivity contribution in [3.8, 4) is 11.4 Å². The van der Waals surface area contributed by atoms with Gasteiger partial charge in [0.2, 0.25) is 0 Å². The van der Waals surface area contributed by atoms with E-state index in [1.54, 1.807) is 43.4 Å². The first-order valence-electron chi connectivity index (χ1n) is 12.7. The number of rotatable bonds is 7. The molecule has 12 heteroatoms. The summed E-state index contributed by atoms with van der Waals surface area (Å²) in [6.45, 7) is 3.64. The van der Waals surface area contributed by atoms with Crippen LogP contribution in [0, 0.1) is 5.82 Å². The van der Waals surface area contributed by atoms with Crippen LogP contribution in [0.25, 0.3) is 11.4 Å². The average Bonchev–Trinajstić information content (AvgIpc) is 3.76. The number of morpholine rings is 1. The molecule has 3 N–H and O–H groups in total. The predicted molar refractivity (Wildman–Crippen MR) is 147 cm³/mol. The molecule has 0 spiro atoms. The molecular formula is C27H31FN6O4S. The number of hydrogen-bond acceptors (Lipinski definition) is 8. The molecule has 2 fully saturated rings. The van der Waals surface area contributed by atoms with Crippen molar-refractivity contribution in [1.29, 1.82) is 0 Å². The van der Waals surface area contributed by atoms with E-state index in [0.717, 1.165) is 0 Å². The minimum atomic E-state index is -4.11. The van der Waals surface area contributed by atoms with E-state index in [9.17, 15) is 13.2 Å². The molecule has 1 aromatic heterocycles. The van der Waals surface area contributed by atoms with Crippen molar-refractivity contribution >= 4 is 33.1 Å². The molecule has 206 valence electrons. The monoisotopic (exact) mass is 554 g/mol. The van der Waals surface area contributed by atoms with Gasteiger partial charge in [0, 0.05) is 43.6 Å². The molecule has 1 aliphatic heterocycles. The molecule has 2 aromatic carbocycles.